The van der Waals surface area contributed by atoms with Crippen molar-refractivity contribution in [1.29, 1.82) is 0 Å². The first kappa shape index (κ1) is 57.7. The minimum Gasteiger partial charge on any atom is -0.463 e. The highest BCUT2D eigenvalue weighted by molar-refractivity contribution is 7.98. The summed E-state index contributed by atoms with van der Waals surface area (Å²) in [5.74, 6) is -5.65. The summed E-state index contributed by atoms with van der Waals surface area (Å²) < 4.78 is 60.4. The van der Waals surface area contributed by atoms with Crippen LogP contribution in [-0.4, -0.2) is 126 Å². The number of rotatable bonds is 17. The molecule has 21 nitrogen and oxygen atoms in total. The highest BCUT2D eigenvalue weighted by atomic mass is 35.5. The molecule has 3 aromatic carbocycles. The van der Waals surface area contributed by atoms with E-state index in [9.17, 15) is 33.6 Å². The maximum atomic E-state index is 13.2. The Morgan fingerprint density at radius 1 is 0.616 bits per heavy atom. The minimum absolute atomic E-state index is 0. The van der Waals surface area contributed by atoms with Gasteiger partial charge in [-0.1, -0.05) is 95.4 Å². The number of carbonyl (C=O) groups excluding carboxylic acids is 7. The first-order chi connectivity index (χ1) is 34.4. The third kappa shape index (κ3) is 16.4. The summed E-state index contributed by atoms with van der Waals surface area (Å²) >= 11 is 9.26. The molecule has 6 rings (SSSR count). The number of thioether (sulfide) groups is 1. The zero-order chi connectivity index (χ0) is 52.1. The van der Waals surface area contributed by atoms with Gasteiger partial charge in [0, 0.05) is 54.2 Å². The molecule has 0 spiro atoms. The molecule has 25 heteroatoms. The molecule has 0 saturated carbocycles. The van der Waals surface area contributed by atoms with Crippen LogP contribution in [0.1, 0.15) is 54.0 Å². The second kappa shape index (κ2) is 27.2. The van der Waals surface area contributed by atoms with E-state index in [1.165, 1.54) is 11.8 Å². The molecule has 73 heavy (non-hydrogen) atoms. The maximum Gasteiger partial charge on any atom is 0.303 e. The summed E-state index contributed by atoms with van der Waals surface area (Å²) in [7, 11) is 0. The zero-order valence-corrected chi connectivity index (χ0v) is 43.5. The SMILES string of the molecule is CC(=O)OC[C@H]1O[C@@H](O[C@H]2[C@H](OC(C)=O)[C@@H](OC(C)=O)[C@H](/N=c3\sc(=Nc4ccccc4)nc(SCc4ccccc4)n3-c3ccccc3Cl)O[C@@H]2COC(C)=O)[C@H](OC(C)=O)[C@@H](OC(C)=O)[C@H]1OC(C)=O.Cl. The Labute approximate surface area is 437 Å². The molecule has 0 amide bonds. The molecule has 2 fully saturated rings. The fourth-order valence-electron chi connectivity index (χ4n) is 7.47. The van der Waals surface area contributed by atoms with Gasteiger partial charge in [0.05, 0.1) is 16.4 Å². The summed E-state index contributed by atoms with van der Waals surface area (Å²) in [6.45, 7) is 6.30. The zero-order valence-electron chi connectivity index (χ0n) is 40.3. The van der Waals surface area contributed by atoms with Gasteiger partial charge in [0.25, 0.3) is 0 Å². The second-order valence-electron chi connectivity index (χ2n) is 15.9. The summed E-state index contributed by atoms with van der Waals surface area (Å²) in [6, 6.07) is 25.6. The number of hydrogen-bond donors (Lipinski definition) is 0. The molecule has 0 bridgehead atoms. The number of nitrogens with zero attached hydrogens (tertiary/aromatic N) is 4. The number of aromatic nitrogens is 2. The van der Waals surface area contributed by atoms with Crippen molar-refractivity contribution in [2.45, 2.75) is 121 Å². The Bertz CT molecular complexity index is 2750. The summed E-state index contributed by atoms with van der Waals surface area (Å²) in [4.78, 5) is 104. The molecule has 392 valence electrons. The molecule has 4 aromatic rings. The van der Waals surface area contributed by atoms with Gasteiger partial charge >= 0.3 is 41.8 Å². The van der Waals surface area contributed by atoms with Gasteiger partial charge in [-0.05, 0) is 29.8 Å². The van der Waals surface area contributed by atoms with E-state index in [-0.39, 0.29) is 22.0 Å². The Kier molecular flexibility index (Phi) is 21.5. The van der Waals surface area contributed by atoms with Crippen molar-refractivity contribution in [2.75, 3.05) is 13.2 Å². The summed E-state index contributed by atoms with van der Waals surface area (Å²) in [5, 5.41) is 0.670. The van der Waals surface area contributed by atoms with Crippen molar-refractivity contribution in [3.05, 3.63) is 105 Å². The number of hydrogen-bond acceptors (Lipinski definition) is 22. The Hall–Kier alpha value is -6.21. The van der Waals surface area contributed by atoms with Gasteiger partial charge in [-0.2, -0.15) is 4.98 Å². The number of para-hydroxylation sites is 2. The molecule has 2 saturated heterocycles. The lowest BCUT2D eigenvalue weighted by Gasteiger charge is -2.48. The molecule has 1 aromatic heterocycles. The normalized spacial score (nSPS) is 23.9. The fraction of sp³-hybridized carbons (Fsp3) is 0.417. The molecule has 0 N–H and O–H groups in total. The largest absolute Gasteiger partial charge is 0.463 e. The number of ether oxygens (including phenoxy) is 10. The Morgan fingerprint density at radius 3 is 1.67 bits per heavy atom. The van der Waals surface area contributed by atoms with E-state index in [1.807, 2.05) is 48.5 Å². The van der Waals surface area contributed by atoms with E-state index >= 15 is 0 Å². The van der Waals surface area contributed by atoms with E-state index in [2.05, 4.69) is 0 Å². The Morgan fingerprint density at radius 2 is 1.11 bits per heavy atom. The lowest BCUT2D eigenvalue weighted by atomic mass is 9.95. The van der Waals surface area contributed by atoms with Crippen LogP contribution in [0.4, 0.5) is 5.69 Å². The van der Waals surface area contributed by atoms with Crippen molar-refractivity contribution >= 4 is 94.6 Å². The average molecular weight is 1090 g/mol. The molecule has 0 unspecified atom stereocenters. The smallest absolute Gasteiger partial charge is 0.303 e. The van der Waals surface area contributed by atoms with Gasteiger partial charge in [-0.3, -0.25) is 38.1 Å². The fourth-order valence-corrected chi connectivity index (χ4v) is 9.64. The molecule has 0 aliphatic carbocycles. The van der Waals surface area contributed by atoms with E-state index in [0.29, 0.717) is 27.3 Å². The summed E-state index contributed by atoms with van der Waals surface area (Å²) in [6.07, 6.45) is -16.6. The molecule has 10 atom stereocenters. The lowest BCUT2D eigenvalue weighted by Crippen LogP contribution is -2.67. The van der Waals surface area contributed by atoms with Crippen molar-refractivity contribution < 1.29 is 80.9 Å². The van der Waals surface area contributed by atoms with Crippen molar-refractivity contribution in [3.63, 3.8) is 0 Å². The molecule has 2 aliphatic rings. The van der Waals surface area contributed by atoms with Crippen molar-refractivity contribution in [2.24, 2.45) is 9.98 Å². The van der Waals surface area contributed by atoms with Crippen LogP contribution in [0.25, 0.3) is 5.69 Å². The summed E-state index contributed by atoms with van der Waals surface area (Å²) in [5.41, 5.74) is 1.96. The van der Waals surface area contributed by atoms with Gasteiger partial charge in [0.2, 0.25) is 4.80 Å². The van der Waals surface area contributed by atoms with Crippen LogP contribution < -0.4 is 9.60 Å². The number of benzene rings is 3. The first-order valence-corrected chi connectivity index (χ1v) is 24.3. The van der Waals surface area contributed by atoms with Crippen LogP contribution in [0.5, 0.6) is 0 Å². The maximum absolute atomic E-state index is 13.2. The standard InChI is InChI=1S/C48H51ClN4O17S2.ClH/c1-25(54)61-22-36-39(70-45-43(67-31(7)60)41(65-29(5)58)38(63-27(3)56)37(69-45)23-62-26(2)55)40(64-28(4)57)42(66-30(6)59)44(68-36)51-48-53(35-21-15-14-20-34(35)49)47(71-24-32-16-10-8-11-17-32)52-46(72-48)50-33-18-12-9-13-19-33;/h8-21,36-45H,22-24H2,1-7H3;1H/b50-46?,51-48-;/t36-,37-,38+,39-,40+,41+,42-,43-,44-,45+;/m1./s1. The Balaban J connectivity index is 0.00000988. The quantitative estimate of drug-likeness (QED) is 0.0761. The van der Waals surface area contributed by atoms with Crippen LogP contribution in [0, 0.1) is 0 Å². The van der Waals surface area contributed by atoms with Gasteiger partial charge < -0.3 is 47.4 Å². The molecule has 2 aliphatic heterocycles. The highest BCUT2D eigenvalue weighted by Gasteiger charge is 2.57. The van der Waals surface area contributed by atoms with Gasteiger partial charge in [-0.15, -0.1) is 12.4 Å². The predicted octanol–water partition coefficient (Wildman–Crippen LogP) is 5.05. The first-order valence-electron chi connectivity index (χ1n) is 22.2. The molecule has 0 radical (unpaired) electrons. The lowest BCUT2D eigenvalue weighted by molar-refractivity contribution is -0.344. The van der Waals surface area contributed by atoms with Gasteiger partial charge in [0.1, 0.15) is 31.5 Å². The van der Waals surface area contributed by atoms with Gasteiger partial charge in [0.15, 0.2) is 53.0 Å². The van der Waals surface area contributed by atoms with Crippen LogP contribution in [0.15, 0.2) is 100 Å². The van der Waals surface area contributed by atoms with Gasteiger partial charge in [-0.25, -0.2) is 9.98 Å². The third-order valence-corrected chi connectivity index (χ3v) is 12.3. The monoisotopic (exact) mass is 1090 g/mol. The van der Waals surface area contributed by atoms with Crippen LogP contribution >= 0.6 is 47.1 Å². The third-order valence-electron chi connectivity index (χ3n) is 10.2. The average Bonchev–Trinajstić information content (AvgIpc) is 3.31. The van der Waals surface area contributed by atoms with Crippen molar-refractivity contribution in [1.82, 2.24) is 9.55 Å². The van der Waals surface area contributed by atoms with E-state index in [1.54, 1.807) is 41.0 Å². The minimum atomic E-state index is -1.88. The van der Waals surface area contributed by atoms with E-state index in [0.717, 1.165) is 65.4 Å². The highest BCUT2D eigenvalue weighted by Crippen LogP contribution is 2.36. The van der Waals surface area contributed by atoms with Crippen molar-refractivity contribution in [3.8, 4) is 5.69 Å². The molecular formula is C48H52Cl2N4O17S2. The van der Waals surface area contributed by atoms with Crippen LogP contribution in [-0.2, 0) is 86.7 Å². The van der Waals surface area contributed by atoms with Crippen LogP contribution in [0.3, 0.4) is 0 Å². The number of esters is 7. The second-order valence-corrected chi connectivity index (χ2v) is 18.2. The van der Waals surface area contributed by atoms with Crippen LogP contribution in [0.2, 0.25) is 5.02 Å². The van der Waals surface area contributed by atoms with E-state index < -0.39 is 116 Å². The number of halogens is 2. The molecular weight excluding hydrogens is 1040 g/mol. The predicted molar refractivity (Wildman–Crippen MR) is 260 cm³/mol. The topological polar surface area (TPSA) is 254 Å². The van der Waals surface area contributed by atoms with E-state index in [4.69, 9.17) is 73.9 Å². The molecule has 3 heterocycles. The number of carbonyl (C=O) groups is 7.